The highest BCUT2D eigenvalue weighted by Gasteiger charge is 2.19. The maximum atomic E-state index is 10.1. The Morgan fingerprint density at radius 1 is 1.11 bits per heavy atom. The van der Waals surface area contributed by atoms with E-state index in [0.717, 1.165) is 10.9 Å². The third-order valence-electron chi connectivity index (χ3n) is 3.90. The Bertz CT molecular complexity index is 569. The molecule has 0 heterocycles. The third kappa shape index (κ3) is 3.07. The maximum absolute atomic E-state index is 10.1. The molecule has 0 bridgehead atoms. The van der Waals surface area contributed by atoms with Gasteiger partial charge in [-0.2, -0.15) is 0 Å². The number of nitrogens with one attached hydrogen (secondary N) is 1. The van der Waals surface area contributed by atoms with Crippen LogP contribution in [0.2, 0.25) is 0 Å². The molecule has 1 unspecified atom stereocenters. The first-order valence-electron chi connectivity index (χ1n) is 6.82. The van der Waals surface area contributed by atoms with E-state index in [1.54, 1.807) is 6.07 Å². The van der Waals surface area contributed by atoms with Crippen LogP contribution in [-0.2, 0) is 6.54 Å². The molecule has 2 rings (SSSR count). The van der Waals surface area contributed by atoms with Gasteiger partial charge in [-0.05, 0) is 29.2 Å². The van der Waals surface area contributed by atoms with Crippen molar-refractivity contribution in [1.29, 1.82) is 0 Å². The predicted octanol–water partition coefficient (Wildman–Crippen LogP) is 4.07. The normalized spacial score (nSPS) is 13.7. The van der Waals surface area contributed by atoms with Gasteiger partial charge in [0, 0.05) is 18.2 Å². The lowest BCUT2D eigenvalue weighted by Crippen LogP contribution is -2.37. The monoisotopic (exact) mass is 257 g/mol. The fourth-order valence-corrected chi connectivity index (χ4v) is 2.07. The molecule has 19 heavy (non-hydrogen) atoms. The zero-order valence-corrected chi connectivity index (χ0v) is 12.2. The fourth-order valence-electron chi connectivity index (χ4n) is 2.07. The summed E-state index contributed by atoms with van der Waals surface area (Å²) >= 11 is 0. The molecule has 0 aliphatic rings. The average molecular weight is 257 g/mol. The highest BCUT2D eigenvalue weighted by Crippen LogP contribution is 2.27. The predicted molar refractivity (Wildman–Crippen MR) is 81.4 cm³/mol. The third-order valence-corrected chi connectivity index (χ3v) is 3.90. The molecule has 0 spiro atoms. The van der Waals surface area contributed by atoms with E-state index in [2.05, 4.69) is 45.1 Å². The van der Waals surface area contributed by atoms with E-state index in [9.17, 15) is 5.11 Å². The highest BCUT2D eigenvalue weighted by molar-refractivity contribution is 5.87. The Kier molecular flexibility index (Phi) is 3.81. The quantitative estimate of drug-likeness (QED) is 0.868. The van der Waals surface area contributed by atoms with Crippen LogP contribution in [0.3, 0.4) is 0 Å². The van der Waals surface area contributed by atoms with Crippen LogP contribution in [0, 0.1) is 5.41 Å². The lowest BCUT2D eigenvalue weighted by atomic mass is 9.88. The topological polar surface area (TPSA) is 32.3 Å². The van der Waals surface area contributed by atoms with Gasteiger partial charge in [-0.1, -0.05) is 51.1 Å². The average Bonchev–Trinajstić information content (AvgIpc) is 2.36. The van der Waals surface area contributed by atoms with Crippen molar-refractivity contribution in [3.05, 3.63) is 42.0 Å². The van der Waals surface area contributed by atoms with Crippen molar-refractivity contribution in [2.24, 2.45) is 5.41 Å². The highest BCUT2D eigenvalue weighted by atomic mass is 16.3. The smallest absolute Gasteiger partial charge is 0.120 e. The van der Waals surface area contributed by atoms with Gasteiger partial charge in [0.2, 0.25) is 0 Å². The van der Waals surface area contributed by atoms with Crippen molar-refractivity contribution in [2.75, 3.05) is 0 Å². The van der Waals surface area contributed by atoms with Crippen molar-refractivity contribution in [2.45, 2.75) is 40.3 Å². The molecule has 0 aromatic heterocycles. The summed E-state index contributed by atoms with van der Waals surface area (Å²) in [5.74, 6) is 0.368. The Morgan fingerprint density at radius 2 is 1.79 bits per heavy atom. The summed E-state index contributed by atoms with van der Waals surface area (Å²) in [6.07, 6.45) is 0. The van der Waals surface area contributed by atoms with E-state index in [0.29, 0.717) is 18.3 Å². The molecular formula is C17H23NO. The Hall–Kier alpha value is -1.54. The molecule has 0 fully saturated rings. The molecule has 0 aliphatic carbocycles. The molecule has 2 aromatic carbocycles. The summed E-state index contributed by atoms with van der Waals surface area (Å²) in [7, 11) is 0. The van der Waals surface area contributed by atoms with Gasteiger partial charge in [-0.3, -0.25) is 0 Å². The fraction of sp³-hybridized carbons (Fsp3) is 0.412. The molecule has 2 N–H and O–H groups in total. The van der Waals surface area contributed by atoms with Crippen molar-refractivity contribution in [1.82, 2.24) is 5.32 Å². The standard InChI is InChI=1S/C17H23NO/c1-12(17(2,3)4)18-11-15-14-8-6-5-7-13(14)9-10-16(15)19/h5-10,12,18-19H,11H2,1-4H3. The molecule has 0 aliphatic heterocycles. The number of fused-ring (bicyclic) bond motifs is 1. The number of phenols is 1. The summed E-state index contributed by atoms with van der Waals surface area (Å²) in [5, 5.41) is 15.9. The van der Waals surface area contributed by atoms with Gasteiger partial charge in [0.1, 0.15) is 5.75 Å². The minimum absolute atomic E-state index is 0.209. The van der Waals surface area contributed by atoms with Gasteiger partial charge in [0.05, 0.1) is 0 Å². The summed E-state index contributed by atoms with van der Waals surface area (Å²) in [4.78, 5) is 0. The van der Waals surface area contributed by atoms with Crippen molar-refractivity contribution < 1.29 is 5.11 Å². The van der Waals surface area contributed by atoms with Crippen LogP contribution in [0.5, 0.6) is 5.75 Å². The van der Waals surface area contributed by atoms with Crippen LogP contribution < -0.4 is 5.32 Å². The Morgan fingerprint density at radius 3 is 2.47 bits per heavy atom. The summed E-state index contributed by atoms with van der Waals surface area (Å²) in [6.45, 7) is 9.52. The van der Waals surface area contributed by atoms with Crippen LogP contribution in [0.25, 0.3) is 10.8 Å². The second-order valence-electron chi connectivity index (χ2n) is 6.25. The van der Waals surface area contributed by atoms with Crippen molar-refractivity contribution in [3.63, 3.8) is 0 Å². The first kappa shape index (κ1) is 13.9. The molecule has 1 atom stereocenters. The van der Waals surface area contributed by atoms with Crippen LogP contribution in [-0.4, -0.2) is 11.1 Å². The van der Waals surface area contributed by atoms with Gasteiger partial charge in [-0.25, -0.2) is 0 Å². The molecule has 0 radical (unpaired) electrons. The minimum Gasteiger partial charge on any atom is -0.508 e. The van der Waals surface area contributed by atoms with Gasteiger partial charge in [0.25, 0.3) is 0 Å². The number of benzene rings is 2. The van der Waals surface area contributed by atoms with E-state index in [1.165, 1.54) is 5.39 Å². The van der Waals surface area contributed by atoms with E-state index in [4.69, 9.17) is 0 Å². The summed E-state index contributed by atoms with van der Waals surface area (Å²) in [6, 6.07) is 12.3. The second kappa shape index (κ2) is 5.22. The van der Waals surface area contributed by atoms with Crippen LogP contribution in [0.4, 0.5) is 0 Å². The van der Waals surface area contributed by atoms with E-state index in [1.807, 2.05) is 18.2 Å². The summed E-state index contributed by atoms with van der Waals surface area (Å²) in [5.41, 5.74) is 1.19. The van der Waals surface area contributed by atoms with E-state index >= 15 is 0 Å². The van der Waals surface area contributed by atoms with Crippen molar-refractivity contribution in [3.8, 4) is 5.75 Å². The molecule has 0 amide bonds. The number of rotatable bonds is 3. The van der Waals surface area contributed by atoms with E-state index in [-0.39, 0.29) is 5.41 Å². The van der Waals surface area contributed by atoms with Crippen LogP contribution in [0.1, 0.15) is 33.3 Å². The molecule has 2 aromatic rings. The largest absolute Gasteiger partial charge is 0.508 e. The minimum atomic E-state index is 0.209. The van der Waals surface area contributed by atoms with Gasteiger partial charge < -0.3 is 10.4 Å². The summed E-state index contributed by atoms with van der Waals surface area (Å²) < 4.78 is 0. The Balaban J connectivity index is 2.27. The van der Waals surface area contributed by atoms with Gasteiger partial charge in [0.15, 0.2) is 0 Å². The molecule has 2 heteroatoms. The molecular weight excluding hydrogens is 234 g/mol. The SMILES string of the molecule is CC(NCc1c(O)ccc2ccccc12)C(C)(C)C. The number of aromatic hydroxyl groups is 1. The number of hydrogen-bond donors (Lipinski definition) is 2. The zero-order chi connectivity index (χ0) is 14.0. The first-order valence-corrected chi connectivity index (χ1v) is 6.82. The second-order valence-corrected chi connectivity index (χ2v) is 6.25. The number of hydrogen-bond acceptors (Lipinski definition) is 2. The van der Waals surface area contributed by atoms with Crippen LogP contribution >= 0.6 is 0 Å². The molecule has 2 nitrogen and oxygen atoms in total. The van der Waals surface area contributed by atoms with E-state index < -0.39 is 0 Å². The number of phenolic OH excluding ortho intramolecular Hbond substituents is 1. The van der Waals surface area contributed by atoms with Gasteiger partial charge >= 0.3 is 0 Å². The van der Waals surface area contributed by atoms with Crippen LogP contribution in [0.15, 0.2) is 36.4 Å². The lowest BCUT2D eigenvalue weighted by Gasteiger charge is -2.28. The van der Waals surface area contributed by atoms with Gasteiger partial charge in [-0.15, -0.1) is 0 Å². The maximum Gasteiger partial charge on any atom is 0.120 e. The zero-order valence-electron chi connectivity index (χ0n) is 12.2. The molecule has 0 saturated carbocycles. The lowest BCUT2D eigenvalue weighted by molar-refractivity contribution is 0.284. The first-order chi connectivity index (χ1) is 8.89. The Labute approximate surface area is 115 Å². The van der Waals surface area contributed by atoms with Crippen molar-refractivity contribution >= 4 is 10.8 Å². The molecule has 102 valence electrons. The molecule has 0 saturated heterocycles.